The van der Waals surface area contributed by atoms with Gasteiger partial charge in [0.15, 0.2) is 0 Å². The number of fused-ring (bicyclic) bond motifs is 1. The molecule has 0 aliphatic carbocycles. The fourth-order valence-electron chi connectivity index (χ4n) is 2.18. The molecule has 2 heterocycles. The van der Waals surface area contributed by atoms with Crippen LogP contribution in [0.4, 0.5) is 5.82 Å². The number of rotatable bonds is 8. The van der Waals surface area contributed by atoms with Gasteiger partial charge < -0.3 is 5.32 Å². The summed E-state index contributed by atoms with van der Waals surface area (Å²) in [6, 6.07) is 2.01. The highest BCUT2D eigenvalue weighted by atomic mass is 15.3. The van der Waals surface area contributed by atoms with Crippen LogP contribution in [-0.4, -0.2) is 26.1 Å². The molecule has 5 heteroatoms. The summed E-state index contributed by atoms with van der Waals surface area (Å²) in [5, 5.41) is 7.61. The van der Waals surface area contributed by atoms with Crippen molar-refractivity contribution in [3.8, 4) is 0 Å². The smallest absolute Gasteiger partial charge is 0.254 e. The van der Waals surface area contributed by atoms with E-state index in [1.54, 1.807) is 4.52 Å². The lowest BCUT2D eigenvalue weighted by molar-refractivity contribution is 0.616. The second-order valence-electron chi connectivity index (χ2n) is 4.95. The minimum absolute atomic E-state index is 0.658. The third-order valence-electron chi connectivity index (χ3n) is 3.22. The maximum Gasteiger partial charge on any atom is 0.254 e. The van der Waals surface area contributed by atoms with E-state index in [2.05, 4.69) is 27.3 Å². The van der Waals surface area contributed by atoms with E-state index in [1.807, 2.05) is 13.0 Å². The van der Waals surface area contributed by atoms with Crippen LogP contribution in [0, 0.1) is 6.92 Å². The second kappa shape index (κ2) is 7.07. The lowest BCUT2D eigenvalue weighted by Crippen LogP contribution is -2.08. The van der Waals surface area contributed by atoms with E-state index in [-0.39, 0.29) is 0 Å². The van der Waals surface area contributed by atoms with Crippen LogP contribution in [0.25, 0.3) is 5.78 Å². The van der Waals surface area contributed by atoms with Crippen LogP contribution in [0.1, 0.15) is 51.1 Å². The molecule has 5 nitrogen and oxygen atoms in total. The highest BCUT2D eigenvalue weighted by Gasteiger charge is 2.04. The Morgan fingerprint density at radius 1 is 1.16 bits per heavy atom. The van der Waals surface area contributed by atoms with Gasteiger partial charge in [0.25, 0.3) is 5.78 Å². The fraction of sp³-hybridized carbons (Fsp3) is 0.643. The van der Waals surface area contributed by atoms with Crippen LogP contribution >= 0.6 is 0 Å². The molecule has 0 atom stereocenters. The molecule has 0 saturated heterocycles. The van der Waals surface area contributed by atoms with E-state index in [1.165, 1.54) is 44.9 Å². The lowest BCUT2D eigenvalue weighted by atomic mass is 10.1. The Morgan fingerprint density at radius 3 is 2.79 bits per heavy atom. The highest BCUT2D eigenvalue weighted by Crippen LogP contribution is 2.11. The third-order valence-corrected chi connectivity index (χ3v) is 3.22. The maximum absolute atomic E-state index is 4.32. The molecule has 104 valence electrons. The van der Waals surface area contributed by atoms with Crippen molar-refractivity contribution >= 4 is 11.6 Å². The zero-order valence-electron chi connectivity index (χ0n) is 11.9. The predicted octanol–water partition coefficient (Wildman–Crippen LogP) is 3.21. The molecule has 0 unspecified atom stereocenters. The van der Waals surface area contributed by atoms with Gasteiger partial charge in [-0.2, -0.15) is 14.6 Å². The molecule has 1 N–H and O–H groups in total. The van der Waals surface area contributed by atoms with E-state index < -0.39 is 0 Å². The summed E-state index contributed by atoms with van der Waals surface area (Å²) >= 11 is 0. The van der Waals surface area contributed by atoms with Crippen LogP contribution < -0.4 is 5.32 Å². The van der Waals surface area contributed by atoms with Crippen molar-refractivity contribution in [2.45, 2.75) is 52.4 Å². The quantitative estimate of drug-likeness (QED) is 0.741. The average molecular weight is 261 g/mol. The monoisotopic (exact) mass is 261 g/mol. The fourth-order valence-corrected chi connectivity index (χ4v) is 2.18. The number of nitrogens with zero attached hydrogens (tertiary/aromatic N) is 4. The van der Waals surface area contributed by atoms with Crippen molar-refractivity contribution in [1.29, 1.82) is 0 Å². The van der Waals surface area contributed by atoms with E-state index >= 15 is 0 Å². The normalized spacial score (nSPS) is 11.1. The lowest BCUT2D eigenvalue weighted by Gasteiger charge is -2.08. The number of hydrogen-bond donors (Lipinski definition) is 1. The van der Waals surface area contributed by atoms with Crippen LogP contribution in [-0.2, 0) is 0 Å². The molecule has 0 saturated carbocycles. The molecule has 0 aliphatic heterocycles. The number of nitrogens with one attached hydrogen (secondary N) is 1. The van der Waals surface area contributed by atoms with Crippen LogP contribution in [0.3, 0.4) is 0 Å². The van der Waals surface area contributed by atoms with E-state index in [9.17, 15) is 0 Å². The standard InChI is InChI=1S/C14H23N5/c1-3-4-5-6-7-8-9-15-13-10-12(2)18-14-16-11-17-19(13)14/h10-11,15H,3-9H2,1-2H3. The second-order valence-corrected chi connectivity index (χ2v) is 4.95. The van der Waals surface area contributed by atoms with Gasteiger partial charge in [-0.15, -0.1) is 0 Å². The van der Waals surface area contributed by atoms with Crippen molar-refractivity contribution in [2.75, 3.05) is 11.9 Å². The Balaban J connectivity index is 1.79. The van der Waals surface area contributed by atoms with Crippen molar-refractivity contribution in [3.05, 3.63) is 18.1 Å². The van der Waals surface area contributed by atoms with Crippen LogP contribution in [0.2, 0.25) is 0 Å². The van der Waals surface area contributed by atoms with Crippen molar-refractivity contribution in [2.24, 2.45) is 0 Å². The predicted molar refractivity (Wildman–Crippen MR) is 77.4 cm³/mol. The third kappa shape index (κ3) is 3.91. The van der Waals surface area contributed by atoms with E-state index in [4.69, 9.17) is 0 Å². The maximum atomic E-state index is 4.32. The molecule has 2 aromatic rings. The first-order valence-corrected chi connectivity index (χ1v) is 7.22. The molecular weight excluding hydrogens is 238 g/mol. The minimum atomic E-state index is 0.658. The molecule has 19 heavy (non-hydrogen) atoms. The van der Waals surface area contributed by atoms with Crippen molar-refractivity contribution < 1.29 is 0 Å². The summed E-state index contributed by atoms with van der Waals surface area (Å²) < 4.78 is 1.75. The number of unbranched alkanes of at least 4 members (excludes halogenated alkanes) is 5. The van der Waals surface area contributed by atoms with Gasteiger partial charge in [0.05, 0.1) is 0 Å². The van der Waals surface area contributed by atoms with Gasteiger partial charge in [-0.25, -0.2) is 4.98 Å². The van der Waals surface area contributed by atoms with Crippen molar-refractivity contribution in [1.82, 2.24) is 19.6 Å². The van der Waals surface area contributed by atoms with Gasteiger partial charge in [-0.3, -0.25) is 0 Å². The van der Waals surface area contributed by atoms with E-state index in [0.29, 0.717) is 5.78 Å². The van der Waals surface area contributed by atoms with Gasteiger partial charge in [0.2, 0.25) is 0 Å². The molecule has 0 aliphatic rings. The molecule has 0 fully saturated rings. The van der Waals surface area contributed by atoms with Gasteiger partial charge in [-0.05, 0) is 13.3 Å². The van der Waals surface area contributed by atoms with Crippen LogP contribution in [0.5, 0.6) is 0 Å². The first-order chi connectivity index (χ1) is 9.31. The van der Waals surface area contributed by atoms with Gasteiger partial charge in [-0.1, -0.05) is 39.0 Å². The largest absolute Gasteiger partial charge is 0.370 e. The van der Waals surface area contributed by atoms with Gasteiger partial charge in [0, 0.05) is 18.3 Å². The average Bonchev–Trinajstić information content (AvgIpc) is 2.85. The van der Waals surface area contributed by atoms with Gasteiger partial charge >= 0.3 is 0 Å². The SMILES string of the molecule is CCCCCCCCNc1cc(C)nc2ncnn12. The number of aryl methyl sites for hydroxylation is 1. The number of hydrogen-bond acceptors (Lipinski definition) is 4. The molecule has 0 radical (unpaired) electrons. The van der Waals surface area contributed by atoms with Crippen molar-refractivity contribution in [3.63, 3.8) is 0 Å². The highest BCUT2D eigenvalue weighted by molar-refractivity contribution is 5.44. The van der Waals surface area contributed by atoms with Crippen LogP contribution in [0.15, 0.2) is 12.4 Å². The summed E-state index contributed by atoms with van der Waals surface area (Å²) in [6.45, 7) is 5.20. The molecular formula is C14H23N5. The first-order valence-electron chi connectivity index (χ1n) is 7.22. The zero-order valence-corrected chi connectivity index (χ0v) is 11.9. The summed E-state index contributed by atoms with van der Waals surface area (Å²) in [5.41, 5.74) is 0.964. The Bertz CT molecular complexity index is 506. The molecule has 0 aromatic carbocycles. The number of anilines is 1. The zero-order chi connectivity index (χ0) is 13.5. The topological polar surface area (TPSA) is 55.1 Å². The Morgan fingerprint density at radius 2 is 1.95 bits per heavy atom. The summed E-state index contributed by atoms with van der Waals surface area (Å²) in [7, 11) is 0. The summed E-state index contributed by atoms with van der Waals surface area (Å²) in [4.78, 5) is 8.44. The minimum Gasteiger partial charge on any atom is -0.370 e. The molecule has 0 spiro atoms. The Kier molecular flexibility index (Phi) is 5.12. The summed E-state index contributed by atoms with van der Waals surface area (Å²) in [5.74, 6) is 1.64. The number of aromatic nitrogens is 4. The molecule has 2 rings (SSSR count). The van der Waals surface area contributed by atoms with Gasteiger partial charge in [0.1, 0.15) is 12.1 Å². The summed E-state index contributed by atoms with van der Waals surface area (Å²) in [6.07, 6.45) is 9.38. The molecule has 0 amide bonds. The Hall–Kier alpha value is -1.65. The molecule has 0 bridgehead atoms. The van der Waals surface area contributed by atoms with E-state index in [0.717, 1.165) is 18.1 Å². The Labute approximate surface area is 114 Å². The molecule has 2 aromatic heterocycles. The first kappa shape index (κ1) is 13.8.